The number of nitriles is 1. The first-order chi connectivity index (χ1) is 13.6. The summed E-state index contributed by atoms with van der Waals surface area (Å²) in [7, 11) is 0. The fourth-order valence-corrected chi connectivity index (χ4v) is 4.11. The third kappa shape index (κ3) is 3.91. The molecule has 0 N–H and O–H groups in total. The van der Waals surface area contributed by atoms with Gasteiger partial charge >= 0.3 is 0 Å². The van der Waals surface area contributed by atoms with Gasteiger partial charge in [-0.2, -0.15) is 5.26 Å². The lowest BCUT2D eigenvalue weighted by Gasteiger charge is -2.31. The maximum Gasteiger partial charge on any atom is 0.227 e. The first-order valence-electron chi connectivity index (χ1n) is 9.42. The molecule has 2 fully saturated rings. The van der Waals surface area contributed by atoms with Crippen LogP contribution < -0.4 is 4.90 Å². The lowest BCUT2D eigenvalue weighted by Crippen LogP contribution is -2.40. The van der Waals surface area contributed by atoms with Gasteiger partial charge in [0.25, 0.3) is 0 Å². The van der Waals surface area contributed by atoms with E-state index < -0.39 is 0 Å². The molecule has 2 saturated heterocycles. The maximum atomic E-state index is 13.2. The molecule has 2 aromatic carbocycles. The molecule has 2 aliphatic rings. The van der Waals surface area contributed by atoms with Gasteiger partial charge in [-0.1, -0.05) is 12.1 Å². The van der Waals surface area contributed by atoms with Gasteiger partial charge in [0.05, 0.1) is 24.8 Å². The monoisotopic (exact) mass is 379 g/mol. The zero-order chi connectivity index (χ0) is 19.6. The van der Waals surface area contributed by atoms with E-state index in [0.29, 0.717) is 31.7 Å². The van der Waals surface area contributed by atoms with Crippen molar-refractivity contribution in [3.8, 4) is 6.07 Å². The van der Waals surface area contributed by atoms with Crippen LogP contribution in [0.1, 0.15) is 17.5 Å². The highest BCUT2D eigenvalue weighted by Crippen LogP contribution is 2.37. The summed E-state index contributed by atoms with van der Waals surface area (Å²) in [6.45, 7) is 4.05. The normalized spacial score (nSPS) is 23.0. The number of carbonyl (C=O) groups is 1. The molecule has 0 saturated carbocycles. The van der Waals surface area contributed by atoms with Crippen LogP contribution in [0.15, 0.2) is 48.5 Å². The number of nitrogens with zero attached hydrogens (tertiary/aromatic N) is 3. The molecule has 2 heterocycles. The lowest BCUT2D eigenvalue weighted by molar-refractivity contribution is -0.118. The van der Waals surface area contributed by atoms with Crippen molar-refractivity contribution < 1.29 is 13.9 Å². The van der Waals surface area contributed by atoms with Crippen LogP contribution in [-0.4, -0.2) is 43.7 Å². The summed E-state index contributed by atoms with van der Waals surface area (Å²) in [6, 6.07) is 15.8. The molecule has 28 heavy (non-hydrogen) atoms. The van der Waals surface area contributed by atoms with Gasteiger partial charge in [-0.15, -0.1) is 0 Å². The Labute approximate surface area is 163 Å². The largest absolute Gasteiger partial charge is 0.379 e. The van der Waals surface area contributed by atoms with Crippen molar-refractivity contribution in [3.05, 3.63) is 65.5 Å². The van der Waals surface area contributed by atoms with Gasteiger partial charge < -0.3 is 9.64 Å². The molecule has 1 spiro atoms. The van der Waals surface area contributed by atoms with E-state index in [2.05, 4.69) is 11.0 Å². The number of hydrogen-bond donors (Lipinski definition) is 0. The number of amides is 1. The molecule has 2 aliphatic heterocycles. The maximum absolute atomic E-state index is 13.2. The number of ether oxygens (including phenoxy) is 1. The minimum absolute atomic E-state index is 0.0513. The number of halogens is 1. The summed E-state index contributed by atoms with van der Waals surface area (Å²) in [5.74, 6) is -0.257. The zero-order valence-corrected chi connectivity index (χ0v) is 15.6. The third-order valence-electron chi connectivity index (χ3n) is 5.47. The Morgan fingerprint density at radius 2 is 1.86 bits per heavy atom. The number of hydrogen-bond acceptors (Lipinski definition) is 4. The number of rotatable bonds is 3. The topological polar surface area (TPSA) is 56.6 Å². The summed E-state index contributed by atoms with van der Waals surface area (Å²) in [5.41, 5.74) is 2.24. The smallest absolute Gasteiger partial charge is 0.227 e. The van der Waals surface area contributed by atoms with Crippen LogP contribution >= 0.6 is 0 Å². The minimum atomic E-state index is -0.309. The Kier molecular flexibility index (Phi) is 5.12. The van der Waals surface area contributed by atoms with Crippen LogP contribution in [0.25, 0.3) is 0 Å². The predicted octanol–water partition coefficient (Wildman–Crippen LogP) is 2.95. The van der Waals surface area contributed by atoms with Crippen molar-refractivity contribution in [2.45, 2.75) is 13.0 Å². The fourth-order valence-electron chi connectivity index (χ4n) is 4.11. The zero-order valence-electron chi connectivity index (χ0n) is 15.6. The predicted molar refractivity (Wildman–Crippen MR) is 103 cm³/mol. The van der Waals surface area contributed by atoms with Crippen molar-refractivity contribution in [2.75, 3.05) is 37.7 Å². The first kappa shape index (κ1) is 18.6. The summed E-state index contributed by atoms with van der Waals surface area (Å²) >= 11 is 0. The second-order valence-corrected chi connectivity index (χ2v) is 7.71. The van der Waals surface area contributed by atoms with Gasteiger partial charge in [0.15, 0.2) is 0 Å². The molecule has 0 aliphatic carbocycles. The minimum Gasteiger partial charge on any atom is -0.379 e. The Bertz CT molecular complexity index is 891. The molecule has 5 nitrogen and oxygen atoms in total. The van der Waals surface area contributed by atoms with Crippen molar-refractivity contribution in [1.29, 1.82) is 5.26 Å². The Hall–Kier alpha value is -2.75. The van der Waals surface area contributed by atoms with Crippen LogP contribution in [0.4, 0.5) is 10.1 Å². The molecular weight excluding hydrogens is 357 g/mol. The summed E-state index contributed by atoms with van der Waals surface area (Å²) in [5, 5.41) is 8.95. The van der Waals surface area contributed by atoms with E-state index in [9.17, 15) is 9.18 Å². The Balaban J connectivity index is 1.49. The van der Waals surface area contributed by atoms with Gasteiger partial charge in [-0.25, -0.2) is 4.39 Å². The van der Waals surface area contributed by atoms with Gasteiger partial charge in [0.1, 0.15) is 5.82 Å². The van der Waals surface area contributed by atoms with Gasteiger partial charge in [-0.05, 0) is 42.0 Å². The third-order valence-corrected chi connectivity index (χ3v) is 5.47. The molecule has 1 atom stereocenters. The molecule has 0 aromatic heterocycles. The van der Waals surface area contributed by atoms with Crippen molar-refractivity contribution in [2.24, 2.45) is 5.41 Å². The molecule has 144 valence electrons. The van der Waals surface area contributed by atoms with E-state index in [4.69, 9.17) is 10.00 Å². The summed E-state index contributed by atoms with van der Waals surface area (Å²) < 4.78 is 19.1. The number of benzene rings is 2. The summed E-state index contributed by atoms with van der Waals surface area (Å²) in [6.07, 6.45) is 0.425. The van der Waals surface area contributed by atoms with Gasteiger partial charge in [0, 0.05) is 43.7 Å². The molecule has 2 aromatic rings. The highest BCUT2D eigenvalue weighted by Gasteiger charge is 2.45. The highest BCUT2D eigenvalue weighted by atomic mass is 19.1. The van der Waals surface area contributed by atoms with Crippen LogP contribution in [0.5, 0.6) is 0 Å². The van der Waals surface area contributed by atoms with E-state index in [1.54, 1.807) is 17.0 Å². The fraction of sp³-hybridized carbons (Fsp3) is 0.364. The van der Waals surface area contributed by atoms with Crippen molar-refractivity contribution in [1.82, 2.24) is 4.90 Å². The first-order valence-corrected chi connectivity index (χ1v) is 9.42. The lowest BCUT2D eigenvalue weighted by atomic mass is 9.87. The van der Waals surface area contributed by atoms with Crippen molar-refractivity contribution in [3.63, 3.8) is 0 Å². The molecule has 0 unspecified atom stereocenters. The number of carbonyl (C=O) groups excluding carboxylic acids is 1. The average Bonchev–Trinajstić information content (AvgIpc) is 2.89. The van der Waals surface area contributed by atoms with Crippen molar-refractivity contribution >= 4 is 11.6 Å². The van der Waals surface area contributed by atoms with Crippen LogP contribution in [0, 0.1) is 22.6 Å². The molecular formula is C22H22FN3O2. The quantitative estimate of drug-likeness (QED) is 0.823. The average molecular weight is 379 g/mol. The van der Waals surface area contributed by atoms with Gasteiger partial charge in [0.2, 0.25) is 5.91 Å². The van der Waals surface area contributed by atoms with E-state index in [1.807, 2.05) is 24.3 Å². The molecule has 0 bridgehead atoms. The molecule has 4 rings (SSSR count). The van der Waals surface area contributed by atoms with E-state index in [1.165, 1.54) is 12.1 Å². The van der Waals surface area contributed by atoms with Crippen LogP contribution in [0.3, 0.4) is 0 Å². The SMILES string of the molecule is N#Cc1ccc(CN2CCOC[C@@]3(CC(=O)N(c4ccc(F)cc4)C3)C2)cc1. The summed E-state index contributed by atoms with van der Waals surface area (Å²) in [4.78, 5) is 16.8. The molecule has 6 heteroatoms. The Morgan fingerprint density at radius 3 is 2.57 bits per heavy atom. The van der Waals surface area contributed by atoms with Crippen LogP contribution in [-0.2, 0) is 16.1 Å². The van der Waals surface area contributed by atoms with E-state index >= 15 is 0 Å². The van der Waals surface area contributed by atoms with Crippen LogP contribution in [0.2, 0.25) is 0 Å². The van der Waals surface area contributed by atoms with E-state index in [0.717, 1.165) is 30.9 Å². The molecule has 0 radical (unpaired) electrons. The molecule has 1 amide bonds. The van der Waals surface area contributed by atoms with E-state index in [-0.39, 0.29) is 17.1 Å². The Morgan fingerprint density at radius 1 is 1.11 bits per heavy atom. The second kappa shape index (κ2) is 7.70. The number of anilines is 1. The second-order valence-electron chi connectivity index (χ2n) is 7.71. The standard InChI is InChI=1S/C22H22FN3O2/c23-19-5-7-20(8-6-19)26-15-22(11-21(26)27)14-25(9-10-28-16-22)13-18-3-1-17(12-24)2-4-18/h1-8H,9-11,13-16H2/t22-/m0/s1. The van der Waals surface area contributed by atoms with Gasteiger partial charge in [-0.3, -0.25) is 9.69 Å². The highest BCUT2D eigenvalue weighted by molar-refractivity contribution is 5.96.